The van der Waals surface area contributed by atoms with Crippen LogP contribution in [0, 0.1) is 0 Å². The highest BCUT2D eigenvalue weighted by Gasteiger charge is 2.30. The summed E-state index contributed by atoms with van der Waals surface area (Å²) in [5.74, 6) is -1.01. The molecule has 0 saturated carbocycles. The van der Waals surface area contributed by atoms with Crippen LogP contribution in [0.3, 0.4) is 0 Å². The van der Waals surface area contributed by atoms with Crippen molar-refractivity contribution >= 4 is 12.1 Å². The number of carbonyl (C=O) groups is 2. The Morgan fingerprint density at radius 3 is 2.76 bits per heavy atom. The first-order valence-corrected chi connectivity index (χ1v) is 6.93. The molecule has 1 N–H and O–H groups in total. The maximum absolute atomic E-state index is 12.1. The third kappa shape index (κ3) is 4.75. The maximum Gasteiger partial charge on any atom is 0.410 e. The predicted octanol–water partition coefficient (Wildman–Crippen LogP) is 1.89. The van der Waals surface area contributed by atoms with Gasteiger partial charge >= 0.3 is 12.1 Å². The molecule has 0 bridgehead atoms. The van der Waals surface area contributed by atoms with Gasteiger partial charge in [0, 0.05) is 6.54 Å². The molecule has 0 radical (unpaired) electrons. The second kappa shape index (κ2) is 7.64. The Kier molecular flexibility index (Phi) is 5.57. The van der Waals surface area contributed by atoms with Crippen LogP contribution in [0.1, 0.15) is 18.4 Å². The van der Waals surface area contributed by atoms with Crippen LogP contribution in [0.5, 0.6) is 0 Å². The van der Waals surface area contributed by atoms with Crippen LogP contribution in [0.15, 0.2) is 30.3 Å². The lowest BCUT2D eigenvalue weighted by Gasteiger charge is -2.23. The number of aliphatic carboxylic acids is 1. The Morgan fingerprint density at radius 2 is 2.05 bits per heavy atom. The van der Waals surface area contributed by atoms with Gasteiger partial charge in [-0.15, -0.1) is 0 Å². The third-order valence-electron chi connectivity index (χ3n) is 3.35. The van der Waals surface area contributed by atoms with Crippen molar-refractivity contribution in [3.8, 4) is 0 Å². The summed E-state index contributed by atoms with van der Waals surface area (Å²) in [6.45, 7) is 0.740. The highest BCUT2D eigenvalue weighted by atomic mass is 16.6. The van der Waals surface area contributed by atoms with Gasteiger partial charge < -0.3 is 19.5 Å². The van der Waals surface area contributed by atoms with E-state index >= 15 is 0 Å². The number of amides is 1. The molecule has 0 aliphatic carbocycles. The number of hydrogen-bond donors (Lipinski definition) is 1. The van der Waals surface area contributed by atoms with E-state index in [1.54, 1.807) is 4.90 Å². The standard InChI is InChI=1S/C15H19NO5/c17-14(18)11-20-10-13-7-4-8-16(13)15(19)21-9-12-5-2-1-3-6-12/h1-3,5-6,13H,4,7-11H2,(H,17,18)/t13-/m1/s1. The first-order chi connectivity index (χ1) is 10.2. The minimum Gasteiger partial charge on any atom is -0.480 e. The summed E-state index contributed by atoms with van der Waals surface area (Å²) >= 11 is 0. The number of ether oxygens (including phenoxy) is 2. The van der Waals surface area contributed by atoms with Crippen molar-refractivity contribution in [1.82, 2.24) is 4.90 Å². The quantitative estimate of drug-likeness (QED) is 0.866. The molecule has 1 saturated heterocycles. The van der Waals surface area contributed by atoms with Crippen molar-refractivity contribution in [3.05, 3.63) is 35.9 Å². The molecule has 0 aromatic heterocycles. The normalized spacial score (nSPS) is 17.7. The lowest BCUT2D eigenvalue weighted by molar-refractivity contribution is -0.142. The van der Waals surface area contributed by atoms with Gasteiger partial charge in [-0.25, -0.2) is 9.59 Å². The van der Waals surface area contributed by atoms with E-state index in [9.17, 15) is 9.59 Å². The molecule has 2 rings (SSSR count). The summed E-state index contributed by atoms with van der Waals surface area (Å²) in [4.78, 5) is 24.1. The lowest BCUT2D eigenvalue weighted by Crippen LogP contribution is -2.39. The summed E-state index contributed by atoms with van der Waals surface area (Å²) in [7, 11) is 0. The number of carbonyl (C=O) groups excluding carboxylic acids is 1. The number of hydrogen-bond acceptors (Lipinski definition) is 4. The van der Waals surface area contributed by atoms with Crippen molar-refractivity contribution in [2.45, 2.75) is 25.5 Å². The van der Waals surface area contributed by atoms with Crippen LogP contribution in [0.25, 0.3) is 0 Å². The van der Waals surface area contributed by atoms with Crippen molar-refractivity contribution in [3.63, 3.8) is 0 Å². The molecule has 114 valence electrons. The van der Waals surface area contributed by atoms with Gasteiger partial charge in [-0.1, -0.05) is 30.3 Å². The topological polar surface area (TPSA) is 76.1 Å². The van der Waals surface area contributed by atoms with Crippen molar-refractivity contribution in [1.29, 1.82) is 0 Å². The smallest absolute Gasteiger partial charge is 0.410 e. The molecule has 1 aliphatic rings. The fourth-order valence-corrected chi connectivity index (χ4v) is 2.33. The molecule has 0 spiro atoms. The lowest BCUT2D eigenvalue weighted by atomic mass is 10.2. The molecular formula is C15H19NO5. The Labute approximate surface area is 123 Å². The third-order valence-corrected chi connectivity index (χ3v) is 3.35. The Balaban J connectivity index is 1.78. The van der Waals surface area contributed by atoms with Crippen molar-refractivity contribution in [2.75, 3.05) is 19.8 Å². The molecule has 1 aromatic rings. The average molecular weight is 293 g/mol. The second-order valence-corrected chi connectivity index (χ2v) is 4.94. The minimum absolute atomic E-state index is 0.104. The number of likely N-dealkylation sites (tertiary alicyclic amines) is 1. The number of carboxylic acids is 1. The first kappa shape index (κ1) is 15.3. The van der Waals surface area contributed by atoms with E-state index in [1.807, 2.05) is 30.3 Å². The zero-order chi connectivity index (χ0) is 15.1. The van der Waals surface area contributed by atoms with Crippen LogP contribution >= 0.6 is 0 Å². The molecule has 21 heavy (non-hydrogen) atoms. The summed E-state index contributed by atoms with van der Waals surface area (Å²) in [6, 6.07) is 9.37. The highest BCUT2D eigenvalue weighted by Crippen LogP contribution is 2.19. The van der Waals surface area contributed by atoms with E-state index in [4.69, 9.17) is 14.6 Å². The molecule has 1 atom stereocenters. The number of benzene rings is 1. The molecule has 6 heteroatoms. The van der Waals surface area contributed by atoms with E-state index in [0.717, 1.165) is 18.4 Å². The molecule has 1 fully saturated rings. The van der Waals surface area contributed by atoms with Gasteiger partial charge in [0.2, 0.25) is 0 Å². The second-order valence-electron chi connectivity index (χ2n) is 4.94. The summed E-state index contributed by atoms with van der Waals surface area (Å²) in [6.07, 6.45) is 1.31. The first-order valence-electron chi connectivity index (χ1n) is 6.93. The minimum atomic E-state index is -1.01. The van der Waals surface area contributed by atoms with Crippen LogP contribution < -0.4 is 0 Å². The van der Waals surface area contributed by atoms with Gasteiger partial charge in [-0.2, -0.15) is 0 Å². The average Bonchev–Trinajstić information content (AvgIpc) is 2.94. The Bertz CT molecular complexity index is 476. The summed E-state index contributed by atoms with van der Waals surface area (Å²) in [5.41, 5.74) is 0.934. The van der Waals surface area contributed by atoms with E-state index in [2.05, 4.69) is 0 Å². The number of nitrogens with zero attached hydrogens (tertiary/aromatic N) is 1. The summed E-state index contributed by atoms with van der Waals surface area (Å²) in [5, 5.41) is 8.54. The molecule has 1 amide bonds. The van der Waals surface area contributed by atoms with Gasteiger partial charge in [0.25, 0.3) is 0 Å². The molecule has 0 unspecified atom stereocenters. The van der Waals surface area contributed by atoms with Crippen LogP contribution in [0.2, 0.25) is 0 Å². The molecule has 1 aromatic carbocycles. The van der Waals surface area contributed by atoms with E-state index in [-0.39, 0.29) is 32.0 Å². The zero-order valence-corrected chi connectivity index (χ0v) is 11.7. The molecule has 6 nitrogen and oxygen atoms in total. The maximum atomic E-state index is 12.1. The Hall–Kier alpha value is -2.08. The van der Waals surface area contributed by atoms with Crippen molar-refractivity contribution in [2.24, 2.45) is 0 Å². The Morgan fingerprint density at radius 1 is 1.29 bits per heavy atom. The van der Waals surface area contributed by atoms with Crippen LogP contribution in [-0.4, -0.2) is 47.9 Å². The highest BCUT2D eigenvalue weighted by molar-refractivity contribution is 5.69. The summed E-state index contributed by atoms with van der Waals surface area (Å²) < 4.78 is 10.4. The van der Waals surface area contributed by atoms with E-state index < -0.39 is 5.97 Å². The van der Waals surface area contributed by atoms with Crippen LogP contribution in [0.4, 0.5) is 4.79 Å². The largest absolute Gasteiger partial charge is 0.480 e. The zero-order valence-electron chi connectivity index (χ0n) is 11.7. The number of rotatable bonds is 6. The van der Waals surface area contributed by atoms with Gasteiger partial charge in [0.05, 0.1) is 12.6 Å². The van der Waals surface area contributed by atoms with E-state index in [0.29, 0.717) is 6.54 Å². The van der Waals surface area contributed by atoms with Crippen molar-refractivity contribution < 1.29 is 24.2 Å². The van der Waals surface area contributed by atoms with Gasteiger partial charge in [0.1, 0.15) is 13.2 Å². The van der Waals surface area contributed by atoms with Gasteiger partial charge in [-0.05, 0) is 18.4 Å². The molecular weight excluding hydrogens is 274 g/mol. The fourth-order valence-electron chi connectivity index (χ4n) is 2.33. The SMILES string of the molecule is O=C(O)COC[C@H]1CCCN1C(=O)OCc1ccccc1. The monoisotopic (exact) mass is 293 g/mol. The molecule has 1 heterocycles. The van der Waals surface area contributed by atoms with Gasteiger partial charge in [-0.3, -0.25) is 0 Å². The predicted molar refractivity (Wildman–Crippen MR) is 74.8 cm³/mol. The van der Waals surface area contributed by atoms with Gasteiger partial charge in [0.15, 0.2) is 0 Å². The van der Waals surface area contributed by atoms with E-state index in [1.165, 1.54) is 0 Å². The van der Waals surface area contributed by atoms with Crippen LogP contribution in [-0.2, 0) is 20.9 Å². The fraction of sp³-hybridized carbons (Fsp3) is 0.467. The number of carboxylic acid groups (broad SMARTS) is 1. The molecule has 1 aliphatic heterocycles.